The molecule has 0 spiro atoms. The maximum atomic E-state index is 5.58. The molecule has 3 nitrogen and oxygen atoms in total. The van der Waals surface area contributed by atoms with Gasteiger partial charge in [0.15, 0.2) is 5.16 Å². The summed E-state index contributed by atoms with van der Waals surface area (Å²) in [5.41, 5.74) is 5.81. The normalized spacial score (nSPS) is 11.0. The van der Waals surface area contributed by atoms with Crippen molar-refractivity contribution < 1.29 is 4.74 Å². The first kappa shape index (κ1) is 17.7. The second-order valence-corrected chi connectivity index (χ2v) is 7.36. The molecule has 1 aromatic heterocycles. The van der Waals surface area contributed by atoms with E-state index in [4.69, 9.17) is 9.72 Å². The van der Waals surface area contributed by atoms with Gasteiger partial charge in [0.05, 0.1) is 17.6 Å². The predicted molar refractivity (Wildman–Crippen MR) is 113 cm³/mol. The molecule has 0 bridgehead atoms. The van der Waals surface area contributed by atoms with Crippen LogP contribution in [0.3, 0.4) is 0 Å². The minimum Gasteiger partial charge on any atom is -0.494 e. The van der Waals surface area contributed by atoms with Crippen molar-refractivity contribution in [2.45, 2.75) is 24.8 Å². The number of ether oxygens (including phenoxy) is 1. The minimum atomic E-state index is 0.672. The van der Waals surface area contributed by atoms with Crippen molar-refractivity contribution in [2.75, 3.05) is 6.61 Å². The Bertz CT molecular complexity index is 1040. The Labute approximate surface area is 164 Å². The summed E-state index contributed by atoms with van der Waals surface area (Å²) in [6.45, 7) is 4.78. The maximum absolute atomic E-state index is 5.58. The summed E-state index contributed by atoms with van der Waals surface area (Å²) in [7, 11) is 0. The van der Waals surface area contributed by atoms with Crippen molar-refractivity contribution in [3.63, 3.8) is 0 Å². The Kier molecular flexibility index (Phi) is 5.16. The van der Waals surface area contributed by atoms with Crippen LogP contribution in [-0.4, -0.2) is 16.2 Å². The van der Waals surface area contributed by atoms with Crippen LogP contribution in [0.1, 0.15) is 18.1 Å². The lowest BCUT2D eigenvalue weighted by Crippen LogP contribution is -1.97. The van der Waals surface area contributed by atoms with Crippen molar-refractivity contribution >= 4 is 22.8 Å². The van der Waals surface area contributed by atoms with Gasteiger partial charge in [-0.2, -0.15) is 0 Å². The molecule has 0 aliphatic carbocycles. The molecule has 1 heterocycles. The summed E-state index contributed by atoms with van der Waals surface area (Å²) >= 11 is 1.76. The summed E-state index contributed by atoms with van der Waals surface area (Å²) in [5.74, 6) is 1.78. The lowest BCUT2D eigenvalue weighted by Gasteiger charge is -2.10. The monoisotopic (exact) mass is 374 g/mol. The highest BCUT2D eigenvalue weighted by atomic mass is 32.2. The average molecular weight is 375 g/mol. The molecule has 0 unspecified atom stereocenters. The number of aryl methyl sites for hydroxylation is 1. The van der Waals surface area contributed by atoms with Crippen LogP contribution >= 0.6 is 11.8 Å². The van der Waals surface area contributed by atoms with E-state index in [1.807, 2.05) is 25.1 Å². The Balaban J connectivity index is 1.69. The fourth-order valence-electron chi connectivity index (χ4n) is 3.04. The van der Waals surface area contributed by atoms with Gasteiger partial charge in [-0.3, -0.25) is 4.57 Å². The van der Waals surface area contributed by atoms with Gasteiger partial charge in [-0.1, -0.05) is 53.7 Å². The molecule has 0 radical (unpaired) electrons. The first-order valence-corrected chi connectivity index (χ1v) is 10.1. The number of hydrogen-bond donors (Lipinski definition) is 0. The fraction of sp³-hybridized carbons (Fsp3) is 0.174. The molecule has 0 saturated heterocycles. The molecular formula is C23H22N2OS. The van der Waals surface area contributed by atoms with E-state index >= 15 is 0 Å². The number of aromatic nitrogens is 2. The molecule has 3 aromatic carbocycles. The second kappa shape index (κ2) is 7.89. The number of hydrogen-bond acceptors (Lipinski definition) is 3. The molecular weight excluding hydrogens is 352 g/mol. The number of imidazole rings is 1. The molecule has 0 aliphatic heterocycles. The van der Waals surface area contributed by atoms with Crippen molar-refractivity contribution in [3.8, 4) is 11.4 Å². The van der Waals surface area contributed by atoms with Crippen LogP contribution in [0.2, 0.25) is 0 Å². The van der Waals surface area contributed by atoms with Crippen LogP contribution in [0, 0.1) is 6.92 Å². The Morgan fingerprint density at radius 1 is 0.926 bits per heavy atom. The summed E-state index contributed by atoms with van der Waals surface area (Å²) in [6.07, 6.45) is 0. The molecule has 27 heavy (non-hydrogen) atoms. The Hall–Kier alpha value is -2.72. The highest BCUT2D eigenvalue weighted by molar-refractivity contribution is 7.98. The molecule has 0 aliphatic rings. The van der Waals surface area contributed by atoms with Crippen LogP contribution in [0.15, 0.2) is 78.0 Å². The smallest absolute Gasteiger partial charge is 0.174 e. The van der Waals surface area contributed by atoms with E-state index in [1.165, 1.54) is 11.1 Å². The van der Waals surface area contributed by atoms with E-state index in [9.17, 15) is 0 Å². The van der Waals surface area contributed by atoms with E-state index in [2.05, 4.69) is 66.1 Å². The number of benzene rings is 3. The van der Waals surface area contributed by atoms with Gasteiger partial charge in [-0.15, -0.1) is 0 Å². The third-order valence-corrected chi connectivity index (χ3v) is 5.43. The van der Waals surface area contributed by atoms with Gasteiger partial charge in [-0.25, -0.2) is 4.98 Å². The predicted octanol–water partition coefficient (Wildman–Crippen LogP) is 6.02. The van der Waals surface area contributed by atoms with Crippen molar-refractivity contribution in [1.82, 2.24) is 9.55 Å². The number of thioether (sulfide) groups is 1. The van der Waals surface area contributed by atoms with Gasteiger partial charge in [0.1, 0.15) is 5.75 Å². The first-order chi connectivity index (χ1) is 13.2. The van der Waals surface area contributed by atoms with E-state index in [0.717, 1.165) is 33.4 Å². The summed E-state index contributed by atoms with van der Waals surface area (Å²) in [6, 6.07) is 25.2. The van der Waals surface area contributed by atoms with Gasteiger partial charge >= 0.3 is 0 Å². The van der Waals surface area contributed by atoms with Crippen LogP contribution in [0.25, 0.3) is 16.7 Å². The van der Waals surface area contributed by atoms with Gasteiger partial charge in [0, 0.05) is 11.4 Å². The van der Waals surface area contributed by atoms with Crippen LogP contribution in [0.4, 0.5) is 0 Å². The van der Waals surface area contributed by atoms with Gasteiger partial charge in [0.25, 0.3) is 0 Å². The van der Waals surface area contributed by atoms with E-state index < -0.39 is 0 Å². The molecule has 4 rings (SSSR count). The third-order valence-electron chi connectivity index (χ3n) is 4.42. The van der Waals surface area contributed by atoms with Crippen LogP contribution < -0.4 is 4.74 Å². The lowest BCUT2D eigenvalue weighted by molar-refractivity contribution is 0.340. The van der Waals surface area contributed by atoms with Crippen LogP contribution in [-0.2, 0) is 5.75 Å². The largest absolute Gasteiger partial charge is 0.494 e. The fourth-order valence-corrected chi connectivity index (χ4v) is 4.02. The quantitative estimate of drug-likeness (QED) is 0.386. The topological polar surface area (TPSA) is 27.1 Å². The summed E-state index contributed by atoms with van der Waals surface area (Å²) < 4.78 is 7.81. The number of nitrogens with zero attached hydrogens (tertiary/aromatic N) is 2. The third kappa shape index (κ3) is 3.86. The summed E-state index contributed by atoms with van der Waals surface area (Å²) in [4.78, 5) is 4.88. The van der Waals surface area contributed by atoms with Gasteiger partial charge in [-0.05, 0) is 55.8 Å². The zero-order chi connectivity index (χ0) is 18.6. The van der Waals surface area contributed by atoms with Gasteiger partial charge in [0.2, 0.25) is 0 Å². The van der Waals surface area contributed by atoms with Crippen molar-refractivity contribution in [1.29, 1.82) is 0 Å². The van der Waals surface area contributed by atoms with Crippen molar-refractivity contribution in [3.05, 3.63) is 83.9 Å². The highest BCUT2D eigenvalue weighted by Crippen LogP contribution is 2.30. The zero-order valence-electron chi connectivity index (χ0n) is 15.6. The van der Waals surface area contributed by atoms with E-state index in [-0.39, 0.29) is 0 Å². The minimum absolute atomic E-state index is 0.672. The highest BCUT2D eigenvalue weighted by Gasteiger charge is 2.13. The first-order valence-electron chi connectivity index (χ1n) is 9.13. The van der Waals surface area contributed by atoms with Crippen LogP contribution in [0.5, 0.6) is 5.75 Å². The lowest BCUT2D eigenvalue weighted by atomic mass is 10.2. The molecule has 0 amide bonds. The summed E-state index contributed by atoms with van der Waals surface area (Å²) in [5, 5.41) is 1.00. The Morgan fingerprint density at radius 3 is 2.41 bits per heavy atom. The number of para-hydroxylation sites is 2. The van der Waals surface area contributed by atoms with E-state index in [0.29, 0.717) is 6.61 Å². The molecule has 0 saturated carbocycles. The Morgan fingerprint density at radius 2 is 1.67 bits per heavy atom. The maximum Gasteiger partial charge on any atom is 0.174 e. The van der Waals surface area contributed by atoms with Crippen molar-refractivity contribution in [2.24, 2.45) is 0 Å². The molecule has 0 atom stereocenters. The average Bonchev–Trinajstić information content (AvgIpc) is 3.07. The van der Waals surface area contributed by atoms with Gasteiger partial charge < -0.3 is 4.74 Å². The molecule has 0 fully saturated rings. The molecule has 0 N–H and O–H groups in total. The molecule has 4 heteroatoms. The number of fused-ring (bicyclic) bond motifs is 1. The SMILES string of the molecule is CCOc1ccc(-n2c(SCc3ccc(C)cc3)nc3ccccc32)cc1. The zero-order valence-corrected chi connectivity index (χ0v) is 16.4. The number of rotatable bonds is 6. The van der Waals surface area contributed by atoms with E-state index in [1.54, 1.807) is 11.8 Å². The standard InChI is InChI=1S/C23H22N2OS/c1-3-26-20-14-12-19(13-15-20)25-22-7-5-4-6-21(22)24-23(25)27-16-18-10-8-17(2)9-11-18/h4-15H,3,16H2,1-2H3. The second-order valence-electron chi connectivity index (χ2n) is 6.42. The molecule has 4 aromatic rings. The molecule has 136 valence electrons.